The second kappa shape index (κ2) is 5.28. The first-order valence-corrected chi connectivity index (χ1v) is 8.93. The van der Waals surface area contributed by atoms with Gasteiger partial charge in [-0.15, -0.1) is 0 Å². The lowest BCUT2D eigenvalue weighted by Crippen LogP contribution is -2.35. The molecule has 2 aliphatic carbocycles. The van der Waals surface area contributed by atoms with E-state index in [4.69, 9.17) is 0 Å². The van der Waals surface area contributed by atoms with Gasteiger partial charge in [0, 0.05) is 23.4 Å². The molecule has 2 bridgehead atoms. The SMILES string of the molecule is O=[N+]([O-])c1ccc2c(c1)[C@H]1[C@H]3CC[C@@H](C3)[C@@H]1[C@@H](c1ccccc1F)N2. The van der Waals surface area contributed by atoms with Crippen molar-refractivity contribution in [2.75, 3.05) is 5.32 Å². The third-order valence-corrected chi connectivity index (χ3v) is 6.52. The van der Waals surface area contributed by atoms with Gasteiger partial charge < -0.3 is 5.32 Å². The molecule has 2 saturated carbocycles. The highest BCUT2D eigenvalue weighted by Gasteiger charge is 2.54. The number of nitrogens with zero attached hydrogens (tertiary/aromatic N) is 1. The molecule has 1 N–H and O–H groups in total. The minimum atomic E-state index is -0.328. The van der Waals surface area contributed by atoms with Crippen molar-refractivity contribution in [1.82, 2.24) is 0 Å². The first-order chi connectivity index (χ1) is 12.1. The average molecular weight is 338 g/mol. The van der Waals surface area contributed by atoms with Gasteiger partial charge in [-0.05, 0) is 60.6 Å². The second-order valence-corrected chi connectivity index (χ2v) is 7.61. The van der Waals surface area contributed by atoms with Crippen molar-refractivity contribution in [3.63, 3.8) is 0 Å². The lowest BCUT2D eigenvalue weighted by Gasteiger charge is -2.43. The first kappa shape index (κ1) is 14.9. The van der Waals surface area contributed by atoms with Crippen LogP contribution in [0.15, 0.2) is 42.5 Å². The third-order valence-electron chi connectivity index (χ3n) is 6.52. The maximum absolute atomic E-state index is 14.5. The highest BCUT2D eigenvalue weighted by molar-refractivity contribution is 5.62. The van der Waals surface area contributed by atoms with E-state index in [0.717, 1.165) is 17.7 Å². The van der Waals surface area contributed by atoms with Crippen molar-refractivity contribution < 1.29 is 9.31 Å². The Hall–Kier alpha value is -2.43. The van der Waals surface area contributed by atoms with Gasteiger partial charge in [-0.2, -0.15) is 0 Å². The maximum Gasteiger partial charge on any atom is 0.269 e. The summed E-state index contributed by atoms with van der Waals surface area (Å²) >= 11 is 0. The number of nitro benzene ring substituents is 1. The maximum atomic E-state index is 14.5. The van der Waals surface area contributed by atoms with E-state index in [1.807, 2.05) is 12.1 Å². The molecule has 0 radical (unpaired) electrons. The second-order valence-electron chi connectivity index (χ2n) is 7.61. The molecule has 1 aliphatic heterocycles. The first-order valence-electron chi connectivity index (χ1n) is 8.93. The van der Waals surface area contributed by atoms with Crippen LogP contribution >= 0.6 is 0 Å². The molecular weight excluding hydrogens is 319 g/mol. The van der Waals surface area contributed by atoms with E-state index in [9.17, 15) is 14.5 Å². The molecule has 5 heteroatoms. The number of fused-ring (bicyclic) bond motifs is 7. The van der Waals surface area contributed by atoms with Crippen LogP contribution in [0.4, 0.5) is 15.8 Å². The number of anilines is 1. The Morgan fingerprint density at radius 2 is 1.88 bits per heavy atom. The fourth-order valence-corrected chi connectivity index (χ4v) is 5.62. The number of hydrogen-bond acceptors (Lipinski definition) is 3. The third kappa shape index (κ3) is 2.11. The van der Waals surface area contributed by atoms with Crippen LogP contribution in [0.2, 0.25) is 0 Å². The minimum absolute atomic E-state index is 0.0598. The van der Waals surface area contributed by atoms with Gasteiger partial charge in [0.25, 0.3) is 5.69 Å². The monoisotopic (exact) mass is 338 g/mol. The Morgan fingerprint density at radius 1 is 1.08 bits per heavy atom. The normalized spacial score (nSPS) is 32.0. The highest BCUT2D eigenvalue weighted by atomic mass is 19.1. The zero-order valence-electron chi connectivity index (χ0n) is 13.7. The van der Waals surface area contributed by atoms with E-state index >= 15 is 0 Å². The zero-order chi connectivity index (χ0) is 17.1. The van der Waals surface area contributed by atoms with Crippen molar-refractivity contribution in [3.05, 3.63) is 69.5 Å². The smallest absolute Gasteiger partial charge is 0.269 e. The number of benzene rings is 2. The summed E-state index contributed by atoms with van der Waals surface area (Å²) in [5.74, 6) is 1.56. The van der Waals surface area contributed by atoms with Crippen LogP contribution in [-0.2, 0) is 0 Å². The van der Waals surface area contributed by atoms with Gasteiger partial charge in [-0.3, -0.25) is 10.1 Å². The minimum Gasteiger partial charge on any atom is -0.378 e. The molecule has 0 spiro atoms. The van der Waals surface area contributed by atoms with Crippen molar-refractivity contribution in [1.29, 1.82) is 0 Å². The molecule has 128 valence electrons. The van der Waals surface area contributed by atoms with E-state index in [1.54, 1.807) is 18.2 Å². The Balaban J connectivity index is 1.65. The van der Waals surface area contributed by atoms with Gasteiger partial charge in [0.1, 0.15) is 5.82 Å². The Morgan fingerprint density at radius 3 is 2.68 bits per heavy atom. The molecule has 5 rings (SSSR count). The molecule has 1 heterocycles. The topological polar surface area (TPSA) is 55.2 Å². The van der Waals surface area contributed by atoms with E-state index in [-0.39, 0.29) is 22.5 Å². The van der Waals surface area contributed by atoms with Crippen molar-refractivity contribution in [2.24, 2.45) is 17.8 Å². The van der Waals surface area contributed by atoms with Crippen LogP contribution in [0.3, 0.4) is 0 Å². The van der Waals surface area contributed by atoms with Crippen molar-refractivity contribution >= 4 is 11.4 Å². The van der Waals surface area contributed by atoms with Gasteiger partial charge in [-0.25, -0.2) is 4.39 Å². The summed E-state index contributed by atoms with van der Waals surface area (Å²) in [6.07, 6.45) is 3.52. The molecule has 0 unspecified atom stereocenters. The van der Waals surface area contributed by atoms with Crippen LogP contribution in [0, 0.1) is 33.7 Å². The Bertz CT molecular complexity index is 869. The van der Waals surface area contributed by atoms with Gasteiger partial charge in [0.05, 0.1) is 11.0 Å². The summed E-state index contributed by atoms with van der Waals surface area (Å²) < 4.78 is 14.5. The predicted molar refractivity (Wildman–Crippen MR) is 92.9 cm³/mol. The lowest BCUT2D eigenvalue weighted by atomic mass is 9.68. The summed E-state index contributed by atoms with van der Waals surface area (Å²) in [4.78, 5) is 10.9. The number of nitrogens with one attached hydrogen (secondary N) is 1. The number of non-ortho nitro benzene ring substituents is 1. The van der Waals surface area contributed by atoms with Crippen LogP contribution in [0.25, 0.3) is 0 Å². The summed E-state index contributed by atoms with van der Waals surface area (Å²) in [5, 5.41) is 14.7. The zero-order valence-corrected chi connectivity index (χ0v) is 13.7. The molecule has 2 aromatic rings. The summed E-state index contributed by atoms with van der Waals surface area (Å²) in [6, 6.07) is 12.0. The predicted octanol–water partition coefficient (Wildman–Crippen LogP) is 5.03. The van der Waals surface area contributed by atoms with Crippen LogP contribution in [-0.4, -0.2) is 4.92 Å². The standard InChI is InChI=1S/C20H19FN2O2/c21-16-4-2-1-3-14(16)20-19-12-6-5-11(9-12)18(19)15-10-13(23(24)25)7-8-17(15)22-20/h1-4,7-8,10-12,18-20,22H,5-6,9H2/t11-,12-,18+,19-,20+/m0/s1. The summed E-state index contributed by atoms with van der Waals surface area (Å²) in [5.41, 5.74) is 2.84. The molecule has 25 heavy (non-hydrogen) atoms. The van der Waals surface area contributed by atoms with E-state index in [2.05, 4.69) is 5.32 Å². The Labute approximate surface area is 145 Å². The van der Waals surface area contributed by atoms with Crippen LogP contribution in [0.1, 0.15) is 42.3 Å². The molecule has 2 fully saturated rings. The lowest BCUT2D eigenvalue weighted by molar-refractivity contribution is -0.384. The number of halogens is 1. The molecule has 0 amide bonds. The van der Waals surface area contributed by atoms with Crippen LogP contribution in [0.5, 0.6) is 0 Å². The fraction of sp³-hybridized carbons (Fsp3) is 0.400. The van der Waals surface area contributed by atoms with Gasteiger partial charge in [0.15, 0.2) is 0 Å². The number of hydrogen-bond donors (Lipinski definition) is 1. The molecular formula is C20H19FN2O2. The van der Waals surface area contributed by atoms with Gasteiger partial charge in [-0.1, -0.05) is 18.2 Å². The van der Waals surface area contributed by atoms with E-state index in [1.165, 1.54) is 25.0 Å². The molecule has 0 saturated heterocycles. The average Bonchev–Trinajstić information content (AvgIpc) is 3.23. The van der Waals surface area contributed by atoms with E-state index in [0.29, 0.717) is 29.2 Å². The highest BCUT2D eigenvalue weighted by Crippen LogP contribution is 2.64. The van der Waals surface area contributed by atoms with Gasteiger partial charge in [0.2, 0.25) is 0 Å². The van der Waals surface area contributed by atoms with E-state index < -0.39 is 0 Å². The van der Waals surface area contributed by atoms with Gasteiger partial charge >= 0.3 is 0 Å². The summed E-state index contributed by atoms with van der Waals surface area (Å²) in [6.45, 7) is 0. The summed E-state index contributed by atoms with van der Waals surface area (Å²) in [7, 11) is 0. The largest absolute Gasteiger partial charge is 0.378 e. The Kier molecular flexibility index (Phi) is 3.14. The molecule has 0 aromatic heterocycles. The molecule has 2 aromatic carbocycles. The fourth-order valence-electron chi connectivity index (χ4n) is 5.62. The van der Waals surface area contributed by atoms with Crippen LogP contribution < -0.4 is 5.32 Å². The number of nitro groups is 1. The van der Waals surface area contributed by atoms with Crippen molar-refractivity contribution in [3.8, 4) is 0 Å². The molecule has 5 atom stereocenters. The van der Waals surface area contributed by atoms with Crippen molar-refractivity contribution in [2.45, 2.75) is 31.2 Å². The molecule has 3 aliphatic rings. The molecule has 4 nitrogen and oxygen atoms in total. The number of rotatable bonds is 2. The quantitative estimate of drug-likeness (QED) is 0.617.